The summed E-state index contributed by atoms with van der Waals surface area (Å²) in [6.45, 7) is 4.36. The summed E-state index contributed by atoms with van der Waals surface area (Å²) in [6.07, 6.45) is 1.30. The maximum Gasteiger partial charge on any atom is 0.326 e. The van der Waals surface area contributed by atoms with Crippen molar-refractivity contribution >= 4 is 11.9 Å². The second kappa shape index (κ2) is 6.43. The molecule has 1 aromatic heterocycles. The van der Waals surface area contributed by atoms with Crippen molar-refractivity contribution in [2.24, 2.45) is 0 Å². The normalized spacial score (nSPS) is 17.2. The van der Waals surface area contributed by atoms with Crippen LogP contribution in [-0.4, -0.2) is 49.5 Å². The molecule has 1 N–H and O–H groups in total. The van der Waals surface area contributed by atoms with Gasteiger partial charge in [-0.15, -0.1) is 5.10 Å². The number of hydrogen-bond acceptors (Lipinski definition) is 4. The Bertz CT molecular complexity index is 767. The van der Waals surface area contributed by atoms with E-state index in [0.29, 0.717) is 18.7 Å². The Kier molecular flexibility index (Phi) is 4.33. The van der Waals surface area contributed by atoms with E-state index in [4.69, 9.17) is 0 Å². The largest absolute Gasteiger partial charge is 0.480 e. The van der Waals surface area contributed by atoms with Crippen molar-refractivity contribution < 1.29 is 14.7 Å². The predicted molar refractivity (Wildman–Crippen MR) is 86.9 cm³/mol. The molecule has 126 valence electrons. The molecule has 0 saturated carbocycles. The van der Waals surface area contributed by atoms with E-state index in [9.17, 15) is 14.7 Å². The van der Waals surface area contributed by atoms with Gasteiger partial charge in [-0.05, 0) is 38.8 Å². The second-order valence-corrected chi connectivity index (χ2v) is 6.13. The molecule has 7 nitrogen and oxygen atoms in total. The molecule has 1 atom stereocenters. The van der Waals surface area contributed by atoms with Crippen molar-refractivity contribution in [3.05, 3.63) is 41.2 Å². The van der Waals surface area contributed by atoms with Crippen molar-refractivity contribution in [1.29, 1.82) is 0 Å². The summed E-state index contributed by atoms with van der Waals surface area (Å²) in [5.41, 5.74) is 3.41. The standard InChI is InChI=1S/C17H20N4O3/c1-11-5-7-13(8-6-11)21-12(2)14(18-19-21)10-16(22)20-9-3-4-15(20)17(23)24/h5-8,15H,3-4,9-10H2,1-2H3,(H,23,24)/t15-/m1/s1. The van der Waals surface area contributed by atoms with Gasteiger partial charge >= 0.3 is 5.97 Å². The van der Waals surface area contributed by atoms with Gasteiger partial charge in [-0.1, -0.05) is 22.9 Å². The molecule has 1 amide bonds. The van der Waals surface area contributed by atoms with Gasteiger partial charge in [0.2, 0.25) is 5.91 Å². The third kappa shape index (κ3) is 3.02. The van der Waals surface area contributed by atoms with Gasteiger partial charge < -0.3 is 10.0 Å². The number of aromatic nitrogens is 3. The van der Waals surface area contributed by atoms with Gasteiger partial charge in [0.05, 0.1) is 23.5 Å². The predicted octanol–water partition coefficient (Wildman–Crippen LogP) is 1.50. The molecule has 1 aliphatic heterocycles. The van der Waals surface area contributed by atoms with Crippen LogP contribution in [0, 0.1) is 13.8 Å². The molecule has 1 fully saturated rings. The van der Waals surface area contributed by atoms with E-state index in [1.165, 1.54) is 4.90 Å². The second-order valence-electron chi connectivity index (χ2n) is 6.13. The van der Waals surface area contributed by atoms with Crippen molar-refractivity contribution in [3.63, 3.8) is 0 Å². The molecule has 2 aromatic rings. The summed E-state index contributed by atoms with van der Waals surface area (Å²) < 4.78 is 1.70. The molecule has 3 rings (SSSR count). The maximum atomic E-state index is 12.5. The summed E-state index contributed by atoms with van der Waals surface area (Å²) in [5.74, 6) is -1.15. The van der Waals surface area contributed by atoms with Crippen LogP contribution in [0.4, 0.5) is 0 Å². The van der Waals surface area contributed by atoms with Crippen molar-refractivity contribution in [1.82, 2.24) is 19.9 Å². The number of carbonyl (C=O) groups is 2. The summed E-state index contributed by atoms with van der Waals surface area (Å²) in [4.78, 5) is 25.1. The molecule has 0 radical (unpaired) electrons. The highest BCUT2D eigenvalue weighted by molar-refractivity contribution is 5.85. The molecule has 0 unspecified atom stereocenters. The molecule has 0 aliphatic carbocycles. The third-order valence-electron chi connectivity index (χ3n) is 4.45. The first kappa shape index (κ1) is 16.2. The lowest BCUT2D eigenvalue weighted by Crippen LogP contribution is -2.41. The molecule has 2 heterocycles. The van der Waals surface area contributed by atoms with Gasteiger partial charge in [0.1, 0.15) is 6.04 Å². The Hall–Kier alpha value is -2.70. The van der Waals surface area contributed by atoms with Crippen LogP contribution in [0.5, 0.6) is 0 Å². The smallest absolute Gasteiger partial charge is 0.326 e. The SMILES string of the molecule is Cc1ccc(-n2nnc(CC(=O)N3CCC[C@@H]3C(=O)O)c2C)cc1. The highest BCUT2D eigenvalue weighted by atomic mass is 16.4. The van der Waals surface area contributed by atoms with Crippen LogP contribution in [0.1, 0.15) is 29.8 Å². The number of carbonyl (C=O) groups excluding carboxylic acids is 1. The molecule has 0 spiro atoms. The number of carboxylic acid groups (broad SMARTS) is 1. The fourth-order valence-corrected chi connectivity index (χ4v) is 3.02. The number of amides is 1. The van der Waals surface area contributed by atoms with E-state index < -0.39 is 12.0 Å². The van der Waals surface area contributed by atoms with Crippen molar-refractivity contribution in [2.75, 3.05) is 6.54 Å². The molecule has 1 saturated heterocycles. The number of benzene rings is 1. The topological polar surface area (TPSA) is 88.3 Å². The molecule has 24 heavy (non-hydrogen) atoms. The van der Waals surface area contributed by atoms with Crippen LogP contribution in [0.3, 0.4) is 0 Å². The summed E-state index contributed by atoms with van der Waals surface area (Å²) in [7, 11) is 0. The van der Waals surface area contributed by atoms with Crippen LogP contribution in [0.15, 0.2) is 24.3 Å². The minimum atomic E-state index is -0.944. The first-order valence-corrected chi connectivity index (χ1v) is 7.98. The number of hydrogen-bond donors (Lipinski definition) is 1. The lowest BCUT2D eigenvalue weighted by molar-refractivity contribution is -0.148. The number of carboxylic acids is 1. The van der Waals surface area contributed by atoms with Gasteiger partial charge in [0.25, 0.3) is 0 Å². The molecule has 1 aliphatic rings. The summed E-state index contributed by atoms with van der Waals surface area (Å²) >= 11 is 0. The minimum Gasteiger partial charge on any atom is -0.480 e. The van der Waals surface area contributed by atoms with Crippen LogP contribution in [-0.2, 0) is 16.0 Å². The molecule has 1 aromatic carbocycles. The van der Waals surface area contributed by atoms with Crippen LogP contribution >= 0.6 is 0 Å². The Morgan fingerprint density at radius 1 is 1.25 bits per heavy atom. The van der Waals surface area contributed by atoms with Gasteiger partial charge in [0, 0.05) is 6.54 Å². The highest BCUT2D eigenvalue weighted by Gasteiger charge is 2.34. The Morgan fingerprint density at radius 3 is 2.62 bits per heavy atom. The zero-order chi connectivity index (χ0) is 17.3. The molecule has 7 heteroatoms. The number of rotatable bonds is 4. The monoisotopic (exact) mass is 328 g/mol. The summed E-state index contributed by atoms with van der Waals surface area (Å²) in [6, 6.07) is 7.16. The Morgan fingerprint density at radius 2 is 1.96 bits per heavy atom. The third-order valence-corrected chi connectivity index (χ3v) is 4.45. The number of aliphatic carboxylic acids is 1. The maximum absolute atomic E-state index is 12.5. The van der Waals surface area contributed by atoms with E-state index in [-0.39, 0.29) is 12.3 Å². The number of likely N-dealkylation sites (tertiary alicyclic amines) is 1. The average molecular weight is 328 g/mol. The first-order chi connectivity index (χ1) is 11.5. The minimum absolute atomic E-state index is 0.0709. The highest BCUT2D eigenvalue weighted by Crippen LogP contribution is 2.20. The lowest BCUT2D eigenvalue weighted by Gasteiger charge is -2.20. The summed E-state index contributed by atoms with van der Waals surface area (Å²) in [5, 5.41) is 17.4. The Labute approximate surface area is 139 Å². The van der Waals surface area contributed by atoms with Gasteiger partial charge in [-0.3, -0.25) is 4.79 Å². The lowest BCUT2D eigenvalue weighted by atomic mass is 10.2. The van der Waals surface area contributed by atoms with Crippen LogP contribution < -0.4 is 0 Å². The van der Waals surface area contributed by atoms with E-state index in [1.807, 2.05) is 38.1 Å². The van der Waals surface area contributed by atoms with Gasteiger partial charge in [0.15, 0.2) is 0 Å². The van der Waals surface area contributed by atoms with Crippen molar-refractivity contribution in [3.8, 4) is 5.69 Å². The quantitative estimate of drug-likeness (QED) is 0.919. The molecule has 0 bridgehead atoms. The zero-order valence-corrected chi connectivity index (χ0v) is 13.8. The fraction of sp³-hybridized carbons (Fsp3) is 0.412. The first-order valence-electron chi connectivity index (χ1n) is 7.98. The fourth-order valence-electron chi connectivity index (χ4n) is 3.02. The number of aryl methyl sites for hydroxylation is 1. The van der Waals surface area contributed by atoms with E-state index in [1.54, 1.807) is 4.68 Å². The van der Waals surface area contributed by atoms with Gasteiger partial charge in [-0.2, -0.15) is 0 Å². The van der Waals surface area contributed by atoms with Crippen LogP contribution in [0.25, 0.3) is 5.69 Å². The van der Waals surface area contributed by atoms with E-state index in [2.05, 4.69) is 10.3 Å². The molecular weight excluding hydrogens is 308 g/mol. The number of nitrogens with zero attached hydrogens (tertiary/aromatic N) is 4. The van der Waals surface area contributed by atoms with E-state index in [0.717, 1.165) is 23.4 Å². The van der Waals surface area contributed by atoms with E-state index >= 15 is 0 Å². The Balaban J connectivity index is 1.78. The van der Waals surface area contributed by atoms with Crippen LogP contribution in [0.2, 0.25) is 0 Å². The average Bonchev–Trinajstić information content (AvgIpc) is 3.16. The zero-order valence-electron chi connectivity index (χ0n) is 13.8. The van der Waals surface area contributed by atoms with Crippen molar-refractivity contribution in [2.45, 2.75) is 39.2 Å². The van der Waals surface area contributed by atoms with Gasteiger partial charge in [-0.25, -0.2) is 9.48 Å². The molecular formula is C17H20N4O3.